The third kappa shape index (κ3) is 6.13. The lowest BCUT2D eigenvalue weighted by atomic mass is 9.87. The van der Waals surface area contributed by atoms with Gasteiger partial charge in [0, 0.05) is 49.4 Å². The highest BCUT2D eigenvalue weighted by atomic mass is 32.2. The van der Waals surface area contributed by atoms with E-state index in [-0.39, 0.29) is 5.91 Å². The molecular formula is C29H31N3OS2. The zero-order chi connectivity index (χ0) is 23.9. The van der Waals surface area contributed by atoms with Crippen molar-refractivity contribution < 1.29 is 4.79 Å². The van der Waals surface area contributed by atoms with Crippen molar-refractivity contribution in [1.82, 2.24) is 15.2 Å². The molecule has 2 aliphatic heterocycles. The van der Waals surface area contributed by atoms with Crippen LogP contribution in [0, 0.1) is 0 Å². The van der Waals surface area contributed by atoms with Crippen LogP contribution in [0.2, 0.25) is 0 Å². The summed E-state index contributed by atoms with van der Waals surface area (Å²) < 4.78 is 1.46. The Kier molecular flexibility index (Phi) is 8.14. The quantitative estimate of drug-likeness (QED) is 0.307. The molecule has 0 unspecified atom stereocenters. The Morgan fingerprint density at radius 1 is 1.06 bits per heavy atom. The number of carbonyl (C=O) groups is 1. The number of hydrogen-bond acceptors (Lipinski definition) is 5. The first-order valence-corrected chi connectivity index (χ1v) is 14.2. The monoisotopic (exact) mass is 501 g/mol. The summed E-state index contributed by atoms with van der Waals surface area (Å²) in [6.07, 6.45) is 11.2. The average molecular weight is 502 g/mol. The number of rotatable bonds is 7. The number of thioether (sulfide) groups is 1. The van der Waals surface area contributed by atoms with Gasteiger partial charge in [-0.05, 0) is 78.1 Å². The van der Waals surface area contributed by atoms with Gasteiger partial charge in [0.2, 0.25) is 5.91 Å². The largest absolute Gasteiger partial charge is 0.353 e. The number of piperidine rings is 1. The molecule has 1 N–H and O–H groups in total. The smallest absolute Gasteiger partial charge is 0.243 e. The van der Waals surface area contributed by atoms with Gasteiger partial charge in [0.25, 0.3) is 0 Å². The summed E-state index contributed by atoms with van der Waals surface area (Å²) in [4.78, 5) is 18.7. The number of nitrogens with zero attached hydrogens (tertiary/aromatic N) is 2. The van der Waals surface area contributed by atoms with E-state index in [9.17, 15) is 4.79 Å². The SMILES string of the molecule is O=C(C=Cc1cccnc1)NCCCCN1CCC(=C2c3ccccc3CSc3sccc32)CC1. The summed E-state index contributed by atoms with van der Waals surface area (Å²) in [7, 11) is 0. The van der Waals surface area contributed by atoms with E-state index in [2.05, 4.69) is 50.9 Å². The Balaban J connectivity index is 1.10. The minimum Gasteiger partial charge on any atom is -0.353 e. The van der Waals surface area contributed by atoms with Gasteiger partial charge in [-0.2, -0.15) is 0 Å². The normalized spacial score (nSPS) is 16.1. The molecule has 0 atom stereocenters. The van der Waals surface area contributed by atoms with Crippen molar-refractivity contribution in [2.75, 3.05) is 26.2 Å². The van der Waals surface area contributed by atoms with Crippen molar-refractivity contribution in [2.45, 2.75) is 35.6 Å². The Morgan fingerprint density at radius 2 is 1.94 bits per heavy atom. The highest BCUT2D eigenvalue weighted by Crippen LogP contribution is 2.45. The van der Waals surface area contributed by atoms with E-state index in [1.807, 2.05) is 35.2 Å². The molecule has 35 heavy (non-hydrogen) atoms. The zero-order valence-corrected chi connectivity index (χ0v) is 21.5. The fraction of sp³-hybridized carbons (Fsp3) is 0.310. The standard InChI is InChI=1S/C29H31N3OS2/c33-27(10-9-22-6-5-14-30-20-22)31-15-3-4-16-32-17-11-23(12-18-32)28-25-8-2-1-7-24(25)21-35-29-26(28)13-19-34-29/h1-2,5-10,13-14,19-20H,3-4,11-12,15-18,21H2,(H,31,33). The molecule has 2 aliphatic rings. The predicted molar refractivity (Wildman–Crippen MR) is 148 cm³/mol. The lowest BCUT2D eigenvalue weighted by Crippen LogP contribution is -2.32. The van der Waals surface area contributed by atoms with Crippen LogP contribution in [-0.4, -0.2) is 42.0 Å². The van der Waals surface area contributed by atoms with Crippen LogP contribution in [0.3, 0.4) is 0 Å². The number of carbonyl (C=O) groups excluding carboxylic acids is 1. The highest BCUT2D eigenvalue weighted by molar-refractivity contribution is 8.00. The van der Waals surface area contributed by atoms with Crippen molar-refractivity contribution in [2.24, 2.45) is 0 Å². The predicted octanol–water partition coefficient (Wildman–Crippen LogP) is 6.26. The Hall–Kier alpha value is -2.67. The molecule has 0 saturated carbocycles. The van der Waals surface area contributed by atoms with Crippen molar-refractivity contribution in [3.63, 3.8) is 0 Å². The van der Waals surface area contributed by atoms with E-state index in [1.165, 1.54) is 26.5 Å². The van der Waals surface area contributed by atoms with Crippen molar-refractivity contribution in [3.8, 4) is 0 Å². The Morgan fingerprint density at radius 3 is 2.80 bits per heavy atom. The van der Waals surface area contributed by atoms with Gasteiger partial charge >= 0.3 is 0 Å². The van der Waals surface area contributed by atoms with E-state index in [0.29, 0.717) is 0 Å². The maximum Gasteiger partial charge on any atom is 0.243 e. The maximum atomic E-state index is 12.0. The molecule has 180 valence electrons. The van der Waals surface area contributed by atoms with Crippen molar-refractivity contribution >= 4 is 40.7 Å². The average Bonchev–Trinajstić information content (AvgIpc) is 3.30. The second-order valence-electron chi connectivity index (χ2n) is 9.01. The molecule has 1 saturated heterocycles. The molecule has 0 aliphatic carbocycles. The molecule has 2 aromatic heterocycles. The van der Waals surface area contributed by atoms with Gasteiger partial charge in [0.1, 0.15) is 0 Å². The molecule has 6 heteroatoms. The van der Waals surface area contributed by atoms with E-state index in [1.54, 1.807) is 30.1 Å². The Labute approximate surface area is 216 Å². The van der Waals surface area contributed by atoms with Crippen LogP contribution in [0.1, 0.15) is 47.9 Å². The summed E-state index contributed by atoms with van der Waals surface area (Å²) in [6.45, 7) is 4.05. The van der Waals surface area contributed by atoms with Crippen LogP contribution in [0.4, 0.5) is 0 Å². The fourth-order valence-corrected chi connectivity index (χ4v) is 6.93. The summed E-state index contributed by atoms with van der Waals surface area (Å²) in [5.74, 6) is 1.01. The number of hydrogen-bond donors (Lipinski definition) is 1. The summed E-state index contributed by atoms with van der Waals surface area (Å²) in [5.41, 5.74) is 8.40. The molecule has 0 bridgehead atoms. The lowest BCUT2D eigenvalue weighted by Gasteiger charge is -2.30. The number of pyridine rings is 1. The van der Waals surface area contributed by atoms with Crippen LogP contribution in [0.25, 0.3) is 11.6 Å². The third-order valence-corrected chi connectivity index (χ3v) is 8.96. The summed E-state index contributed by atoms with van der Waals surface area (Å²) in [5, 5.41) is 5.23. The van der Waals surface area contributed by atoms with Crippen molar-refractivity contribution in [3.05, 3.63) is 94.1 Å². The molecule has 1 aromatic carbocycles. The second kappa shape index (κ2) is 11.8. The highest BCUT2D eigenvalue weighted by Gasteiger charge is 2.24. The van der Waals surface area contributed by atoms with Crippen LogP contribution < -0.4 is 5.32 Å². The molecule has 4 heterocycles. The molecule has 1 amide bonds. The van der Waals surface area contributed by atoms with E-state index in [0.717, 1.165) is 63.2 Å². The fourth-order valence-electron chi connectivity index (χ4n) is 4.83. The van der Waals surface area contributed by atoms with Gasteiger partial charge in [-0.1, -0.05) is 35.9 Å². The van der Waals surface area contributed by atoms with Gasteiger partial charge in [-0.3, -0.25) is 9.78 Å². The maximum absolute atomic E-state index is 12.0. The second-order valence-corrected chi connectivity index (χ2v) is 11.2. The van der Waals surface area contributed by atoms with Gasteiger partial charge in [-0.25, -0.2) is 0 Å². The first-order valence-electron chi connectivity index (χ1n) is 12.4. The molecule has 5 rings (SSSR count). The van der Waals surface area contributed by atoms with Crippen LogP contribution in [0.15, 0.2) is 76.1 Å². The van der Waals surface area contributed by atoms with Gasteiger partial charge in [0.05, 0.1) is 4.21 Å². The summed E-state index contributed by atoms with van der Waals surface area (Å²) >= 11 is 3.86. The Bertz CT molecular complexity index is 1210. The van der Waals surface area contributed by atoms with Crippen LogP contribution in [0.5, 0.6) is 0 Å². The van der Waals surface area contributed by atoms with Gasteiger partial charge < -0.3 is 10.2 Å². The zero-order valence-electron chi connectivity index (χ0n) is 19.9. The molecule has 0 spiro atoms. The van der Waals surface area contributed by atoms with Crippen molar-refractivity contribution in [1.29, 1.82) is 0 Å². The van der Waals surface area contributed by atoms with Crippen LogP contribution in [-0.2, 0) is 10.5 Å². The molecular weight excluding hydrogens is 470 g/mol. The number of aromatic nitrogens is 1. The van der Waals surface area contributed by atoms with E-state index >= 15 is 0 Å². The number of benzene rings is 1. The third-order valence-electron chi connectivity index (χ3n) is 6.67. The van der Waals surface area contributed by atoms with E-state index in [4.69, 9.17) is 0 Å². The molecule has 1 fully saturated rings. The minimum absolute atomic E-state index is 0.0438. The van der Waals surface area contributed by atoms with Gasteiger partial charge in [0.15, 0.2) is 0 Å². The summed E-state index contributed by atoms with van der Waals surface area (Å²) in [6, 6.07) is 15.1. The first-order chi connectivity index (χ1) is 17.3. The minimum atomic E-state index is -0.0438. The lowest BCUT2D eigenvalue weighted by molar-refractivity contribution is -0.116. The van der Waals surface area contributed by atoms with Crippen LogP contribution >= 0.6 is 23.1 Å². The first kappa shape index (κ1) is 24.0. The number of likely N-dealkylation sites (tertiary alicyclic amines) is 1. The molecule has 3 aromatic rings. The number of amides is 1. The number of unbranched alkanes of at least 4 members (excludes halogenated alkanes) is 1. The van der Waals surface area contributed by atoms with Gasteiger partial charge in [-0.15, -0.1) is 23.1 Å². The molecule has 4 nitrogen and oxygen atoms in total. The topological polar surface area (TPSA) is 45.2 Å². The number of nitrogens with one attached hydrogen (secondary N) is 1. The number of fused-ring (bicyclic) bond motifs is 2. The molecule has 0 radical (unpaired) electrons. The number of thiophene rings is 1. The van der Waals surface area contributed by atoms with E-state index < -0.39 is 0 Å².